The number of aliphatic imine (C=N–C) groups is 1. The van der Waals surface area contributed by atoms with E-state index in [0.717, 1.165) is 6.54 Å². The van der Waals surface area contributed by atoms with Gasteiger partial charge in [-0.05, 0) is 32.3 Å². The van der Waals surface area contributed by atoms with Gasteiger partial charge in [-0.25, -0.2) is 0 Å². The van der Waals surface area contributed by atoms with Crippen LogP contribution in [0.5, 0.6) is 0 Å². The van der Waals surface area contributed by atoms with Crippen molar-refractivity contribution < 1.29 is 0 Å². The van der Waals surface area contributed by atoms with Crippen molar-refractivity contribution in [3.8, 4) is 0 Å². The first-order valence-electron chi connectivity index (χ1n) is 3.51. The Morgan fingerprint density at radius 3 is 2.78 bits per heavy atom. The van der Waals surface area contributed by atoms with Crippen molar-refractivity contribution in [3.05, 3.63) is 11.6 Å². The van der Waals surface area contributed by atoms with Crippen LogP contribution in [0.3, 0.4) is 0 Å². The van der Waals surface area contributed by atoms with Crippen molar-refractivity contribution in [1.29, 1.82) is 0 Å². The molecule has 0 amide bonds. The molecule has 0 bridgehead atoms. The van der Waals surface area contributed by atoms with Crippen LogP contribution in [0.4, 0.5) is 0 Å². The summed E-state index contributed by atoms with van der Waals surface area (Å²) in [6.07, 6.45) is 4.63. The third-order valence-electron chi connectivity index (χ3n) is 1.77. The quantitative estimate of drug-likeness (QED) is 0.468. The molecule has 9 heavy (non-hydrogen) atoms. The van der Waals surface area contributed by atoms with E-state index in [-0.39, 0.29) is 0 Å². The molecule has 50 valence electrons. The molecule has 1 heterocycles. The summed E-state index contributed by atoms with van der Waals surface area (Å²) in [5.74, 6) is 0. The predicted molar refractivity (Wildman–Crippen MR) is 41.0 cm³/mol. The normalized spacial score (nSPS) is 24.2. The van der Waals surface area contributed by atoms with E-state index in [4.69, 9.17) is 0 Å². The van der Waals surface area contributed by atoms with Gasteiger partial charge < -0.3 is 0 Å². The van der Waals surface area contributed by atoms with E-state index in [0.29, 0.717) is 0 Å². The lowest BCUT2D eigenvalue weighted by Crippen LogP contribution is -2.05. The van der Waals surface area contributed by atoms with Crippen molar-refractivity contribution in [2.45, 2.75) is 26.7 Å². The number of rotatable bonds is 0. The molecule has 0 aromatic carbocycles. The molecule has 1 aliphatic rings. The van der Waals surface area contributed by atoms with Crippen LogP contribution in [0, 0.1) is 0 Å². The molecule has 0 N–H and O–H groups in total. The minimum atomic E-state index is 1.03. The van der Waals surface area contributed by atoms with Gasteiger partial charge in [-0.15, -0.1) is 0 Å². The minimum absolute atomic E-state index is 1.03. The summed E-state index contributed by atoms with van der Waals surface area (Å²) >= 11 is 0. The topological polar surface area (TPSA) is 12.4 Å². The van der Waals surface area contributed by atoms with Gasteiger partial charge in [-0.3, -0.25) is 4.99 Å². The second-order valence-electron chi connectivity index (χ2n) is 2.38. The molecule has 1 aliphatic heterocycles. The van der Waals surface area contributed by atoms with Crippen LogP contribution >= 0.6 is 0 Å². The summed E-state index contributed by atoms with van der Waals surface area (Å²) in [7, 11) is 0. The van der Waals surface area contributed by atoms with Gasteiger partial charge in [0.1, 0.15) is 0 Å². The van der Waals surface area contributed by atoms with Gasteiger partial charge in [0.25, 0.3) is 0 Å². The van der Waals surface area contributed by atoms with Crippen molar-refractivity contribution in [1.82, 2.24) is 0 Å². The second-order valence-corrected chi connectivity index (χ2v) is 2.38. The van der Waals surface area contributed by atoms with Crippen LogP contribution < -0.4 is 0 Å². The molecule has 0 spiro atoms. The summed E-state index contributed by atoms with van der Waals surface area (Å²) in [4.78, 5) is 4.33. The van der Waals surface area contributed by atoms with Crippen LogP contribution in [0.1, 0.15) is 26.7 Å². The van der Waals surface area contributed by atoms with Crippen molar-refractivity contribution in [2.75, 3.05) is 6.54 Å². The fourth-order valence-corrected chi connectivity index (χ4v) is 1.15. The zero-order chi connectivity index (χ0) is 6.69. The molecule has 0 unspecified atom stereocenters. The van der Waals surface area contributed by atoms with Crippen LogP contribution in [0.2, 0.25) is 0 Å². The summed E-state index contributed by atoms with van der Waals surface area (Å²) in [5, 5.41) is 0. The van der Waals surface area contributed by atoms with Crippen molar-refractivity contribution >= 4 is 5.71 Å². The van der Waals surface area contributed by atoms with E-state index in [1.165, 1.54) is 24.1 Å². The third kappa shape index (κ3) is 1.41. The lowest BCUT2D eigenvalue weighted by molar-refractivity contribution is 0.812. The van der Waals surface area contributed by atoms with E-state index < -0.39 is 0 Å². The highest BCUT2D eigenvalue weighted by molar-refractivity contribution is 5.98. The lowest BCUT2D eigenvalue weighted by Gasteiger charge is -2.10. The predicted octanol–water partition coefficient (Wildman–Crippen LogP) is 2.19. The summed E-state index contributed by atoms with van der Waals surface area (Å²) in [5.41, 5.74) is 2.67. The lowest BCUT2D eigenvalue weighted by atomic mass is 10.0. The monoisotopic (exact) mass is 123 g/mol. The molecular weight excluding hydrogens is 110 g/mol. The van der Waals surface area contributed by atoms with Gasteiger partial charge in [0.15, 0.2) is 0 Å². The van der Waals surface area contributed by atoms with Gasteiger partial charge in [0.05, 0.1) is 0 Å². The first-order chi connectivity index (χ1) is 4.34. The molecule has 0 radical (unpaired) electrons. The average Bonchev–Trinajstić information content (AvgIpc) is 1.89. The standard InChI is InChI=1S/C8H13N/c1-3-8-5-4-6-9-7(8)2/h3H,4-6H2,1-2H3/b8-3-. The summed E-state index contributed by atoms with van der Waals surface area (Å²) in [6, 6.07) is 0. The molecule has 1 heteroatoms. The Labute approximate surface area is 56.5 Å². The van der Waals surface area contributed by atoms with Crippen LogP contribution in [-0.4, -0.2) is 12.3 Å². The van der Waals surface area contributed by atoms with Gasteiger partial charge in [0, 0.05) is 12.3 Å². The SMILES string of the molecule is C/C=C1/CCCN=C1C. The van der Waals surface area contributed by atoms with Gasteiger partial charge >= 0.3 is 0 Å². The minimum Gasteiger partial charge on any atom is -0.290 e. The maximum atomic E-state index is 4.33. The van der Waals surface area contributed by atoms with Crippen molar-refractivity contribution in [3.63, 3.8) is 0 Å². The van der Waals surface area contributed by atoms with Crippen LogP contribution in [0.25, 0.3) is 0 Å². The van der Waals surface area contributed by atoms with E-state index in [2.05, 4.69) is 24.9 Å². The fourth-order valence-electron chi connectivity index (χ4n) is 1.15. The summed E-state index contributed by atoms with van der Waals surface area (Å²) in [6.45, 7) is 5.21. The Bertz CT molecular complexity index is 154. The maximum Gasteiger partial charge on any atom is 0.0395 e. The molecule has 0 saturated carbocycles. The molecule has 0 atom stereocenters. The van der Waals surface area contributed by atoms with E-state index >= 15 is 0 Å². The Hall–Kier alpha value is -0.590. The highest BCUT2D eigenvalue weighted by Gasteiger charge is 2.04. The third-order valence-corrected chi connectivity index (χ3v) is 1.77. The second kappa shape index (κ2) is 2.81. The number of nitrogens with zero attached hydrogens (tertiary/aromatic N) is 1. The smallest absolute Gasteiger partial charge is 0.0395 e. The number of allylic oxidation sites excluding steroid dienone is 2. The maximum absolute atomic E-state index is 4.33. The molecular formula is C8H13N. The fraction of sp³-hybridized carbons (Fsp3) is 0.625. The van der Waals surface area contributed by atoms with E-state index in [1.807, 2.05) is 0 Å². The first-order valence-corrected chi connectivity index (χ1v) is 3.51. The Morgan fingerprint density at radius 2 is 2.33 bits per heavy atom. The van der Waals surface area contributed by atoms with E-state index in [9.17, 15) is 0 Å². The van der Waals surface area contributed by atoms with Crippen LogP contribution in [-0.2, 0) is 0 Å². The molecule has 0 fully saturated rings. The van der Waals surface area contributed by atoms with Crippen LogP contribution in [0.15, 0.2) is 16.6 Å². The zero-order valence-electron chi connectivity index (χ0n) is 6.15. The Kier molecular flexibility index (Phi) is 2.04. The molecule has 1 rings (SSSR count). The number of hydrogen-bond acceptors (Lipinski definition) is 1. The highest BCUT2D eigenvalue weighted by atomic mass is 14.7. The largest absolute Gasteiger partial charge is 0.290 e. The Balaban J connectivity index is 2.73. The number of hydrogen-bond donors (Lipinski definition) is 0. The molecule has 0 saturated heterocycles. The molecule has 0 aromatic rings. The molecule has 1 nitrogen and oxygen atoms in total. The first kappa shape index (κ1) is 6.53. The Morgan fingerprint density at radius 1 is 1.56 bits per heavy atom. The highest BCUT2D eigenvalue weighted by Crippen LogP contribution is 2.12. The molecule has 0 aromatic heterocycles. The van der Waals surface area contributed by atoms with Gasteiger partial charge in [0.2, 0.25) is 0 Å². The van der Waals surface area contributed by atoms with E-state index in [1.54, 1.807) is 0 Å². The summed E-state index contributed by atoms with van der Waals surface area (Å²) < 4.78 is 0. The average molecular weight is 123 g/mol. The van der Waals surface area contributed by atoms with Gasteiger partial charge in [-0.1, -0.05) is 6.08 Å². The van der Waals surface area contributed by atoms with Gasteiger partial charge in [-0.2, -0.15) is 0 Å². The zero-order valence-corrected chi connectivity index (χ0v) is 6.15. The molecule has 0 aliphatic carbocycles. The van der Waals surface area contributed by atoms with Crippen molar-refractivity contribution in [2.24, 2.45) is 4.99 Å².